The van der Waals surface area contributed by atoms with Crippen molar-refractivity contribution in [3.63, 3.8) is 0 Å². The van der Waals surface area contributed by atoms with E-state index >= 15 is 4.39 Å². The Morgan fingerprint density at radius 3 is 2.56 bits per heavy atom. The summed E-state index contributed by atoms with van der Waals surface area (Å²) in [6.45, 7) is 7.88. The van der Waals surface area contributed by atoms with Gasteiger partial charge in [-0.15, -0.1) is 0 Å². The number of rotatable bonds is 13. The Morgan fingerprint density at radius 1 is 1.07 bits per heavy atom. The van der Waals surface area contributed by atoms with Gasteiger partial charge in [-0.25, -0.2) is 13.3 Å². The minimum absolute atomic E-state index is 0.0122. The van der Waals surface area contributed by atoms with E-state index in [0.29, 0.717) is 34.0 Å². The van der Waals surface area contributed by atoms with Crippen LogP contribution < -0.4 is 14.2 Å². The summed E-state index contributed by atoms with van der Waals surface area (Å²) < 4.78 is 58.8. The molecule has 0 spiro atoms. The third kappa shape index (κ3) is 7.98. The molecule has 1 N–H and O–H groups in total. The van der Waals surface area contributed by atoms with E-state index in [1.807, 2.05) is 32.9 Å². The molecule has 0 aliphatic rings. The van der Waals surface area contributed by atoms with Gasteiger partial charge in [0.2, 0.25) is 0 Å². The number of halogens is 1. The summed E-state index contributed by atoms with van der Waals surface area (Å²) in [5.41, 5.74) is 2.80. The van der Waals surface area contributed by atoms with Crippen molar-refractivity contribution < 1.29 is 36.8 Å². The molecule has 0 aliphatic heterocycles. The zero-order valence-electron chi connectivity index (χ0n) is 25.2. The highest BCUT2D eigenvalue weighted by atomic mass is 32.2. The molecule has 0 saturated heterocycles. The van der Waals surface area contributed by atoms with Gasteiger partial charge in [0.25, 0.3) is 0 Å². The first-order valence-corrected chi connectivity index (χ1v) is 15.0. The van der Waals surface area contributed by atoms with E-state index in [0.717, 1.165) is 10.9 Å². The van der Waals surface area contributed by atoms with Crippen LogP contribution in [0, 0.1) is 5.82 Å². The van der Waals surface area contributed by atoms with Crippen molar-refractivity contribution in [2.75, 3.05) is 20.8 Å². The fourth-order valence-electron chi connectivity index (χ4n) is 4.40. The van der Waals surface area contributed by atoms with Crippen molar-refractivity contribution in [3.05, 3.63) is 77.1 Å². The number of aromatic nitrogens is 1. The Hall–Kier alpha value is -3.80. The Kier molecular flexibility index (Phi) is 10.5. The molecule has 2 heterocycles. The Labute approximate surface area is 253 Å². The number of hydrogen-bond donors (Lipinski definition) is 1. The molecule has 4 rings (SSSR count). The molecule has 2 aromatic carbocycles. The van der Waals surface area contributed by atoms with E-state index in [-0.39, 0.29) is 50.0 Å². The summed E-state index contributed by atoms with van der Waals surface area (Å²) in [5.74, 6) is 0.713. The van der Waals surface area contributed by atoms with Crippen molar-refractivity contribution >= 4 is 27.9 Å². The monoisotopic (exact) mass is 612 g/mol. The fraction of sp³-hybridized carbons (Fsp3) is 0.375. The second kappa shape index (κ2) is 14.1. The zero-order chi connectivity index (χ0) is 31.1. The standard InChI is InChI=1S/C32H37FN2O7S/c1-7-40-29(36)15-21-8-9-23(39-6)16-28(21)41-18-20-12-22-14-24(19-38-5)42-31(22)26(13-20)25-10-11-34-27(30(25)33)17-35-43(37)32(2,3)4/h8-14,16,35H,7,15,17-19H2,1-6H3/t43-/m0/s1. The first-order valence-electron chi connectivity index (χ1n) is 13.8. The molecule has 0 aliphatic carbocycles. The van der Waals surface area contributed by atoms with Gasteiger partial charge < -0.3 is 23.4 Å². The van der Waals surface area contributed by atoms with Gasteiger partial charge in [-0.1, -0.05) is 6.07 Å². The first-order chi connectivity index (χ1) is 20.5. The Morgan fingerprint density at radius 2 is 1.86 bits per heavy atom. The molecule has 43 heavy (non-hydrogen) atoms. The number of benzene rings is 2. The van der Waals surface area contributed by atoms with Crippen LogP contribution in [0.15, 0.2) is 53.1 Å². The highest BCUT2D eigenvalue weighted by Gasteiger charge is 2.22. The fourth-order valence-corrected chi connectivity index (χ4v) is 5.11. The number of nitrogens with zero attached hydrogens (tertiary/aromatic N) is 1. The number of hydrogen-bond acceptors (Lipinski definition) is 8. The predicted molar refractivity (Wildman–Crippen MR) is 163 cm³/mol. The van der Waals surface area contributed by atoms with E-state index in [9.17, 15) is 9.00 Å². The van der Waals surface area contributed by atoms with Gasteiger partial charge in [-0.2, -0.15) is 0 Å². The number of methoxy groups -OCH3 is 2. The highest BCUT2D eigenvalue weighted by Crippen LogP contribution is 2.35. The Bertz CT molecular complexity index is 1610. The van der Waals surface area contributed by atoms with E-state index in [1.165, 1.54) is 6.20 Å². The molecule has 9 nitrogen and oxygen atoms in total. The lowest BCUT2D eigenvalue weighted by Crippen LogP contribution is -2.33. The molecule has 4 aromatic rings. The summed E-state index contributed by atoms with van der Waals surface area (Å²) in [4.78, 5) is 16.4. The number of nitrogens with one attached hydrogen (secondary N) is 1. The second-order valence-corrected chi connectivity index (χ2v) is 12.8. The summed E-state index contributed by atoms with van der Waals surface area (Å²) in [7, 11) is 1.72. The van der Waals surface area contributed by atoms with Gasteiger partial charge in [-0.05, 0) is 63.6 Å². The van der Waals surface area contributed by atoms with Crippen molar-refractivity contribution in [1.29, 1.82) is 0 Å². The maximum Gasteiger partial charge on any atom is 0.310 e. The molecule has 0 saturated carbocycles. The maximum absolute atomic E-state index is 15.9. The molecular weight excluding hydrogens is 575 g/mol. The predicted octanol–water partition coefficient (Wildman–Crippen LogP) is 6.03. The smallest absolute Gasteiger partial charge is 0.310 e. The third-order valence-electron chi connectivity index (χ3n) is 6.50. The molecule has 0 radical (unpaired) electrons. The quantitative estimate of drug-likeness (QED) is 0.183. The van der Waals surface area contributed by atoms with Crippen LogP contribution in [0.1, 0.15) is 50.3 Å². The van der Waals surface area contributed by atoms with Crippen molar-refractivity contribution in [2.24, 2.45) is 0 Å². The average molecular weight is 613 g/mol. The maximum atomic E-state index is 15.9. The summed E-state index contributed by atoms with van der Waals surface area (Å²) in [6, 6.07) is 12.4. The van der Waals surface area contributed by atoms with Crippen LogP contribution in [0.2, 0.25) is 0 Å². The first kappa shape index (κ1) is 32.1. The van der Waals surface area contributed by atoms with Crippen LogP contribution in [-0.4, -0.2) is 40.7 Å². The number of carbonyl (C=O) groups is 1. The van der Waals surface area contributed by atoms with Gasteiger partial charge in [-0.3, -0.25) is 9.78 Å². The molecule has 1 atom stereocenters. The molecule has 0 unspecified atom stereocenters. The van der Waals surface area contributed by atoms with Gasteiger partial charge in [0, 0.05) is 41.4 Å². The molecule has 0 fully saturated rings. The van der Waals surface area contributed by atoms with Gasteiger partial charge in [0.15, 0.2) is 5.82 Å². The SMILES string of the molecule is CCOC(=O)Cc1ccc(OC)cc1OCc1cc(-c2ccnc(CN[S@@](=O)C(C)(C)C)c2F)c2oc(COC)cc2c1. The summed E-state index contributed by atoms with van der Waals surface area (Å²) in [5, 5.41) is 0.741. The number of furan rings is 1. The van der Waals surface area contributed by atoms with Crippen LogP contribution in [0.4, 0.5) is 4.39 Å². The number of carbonyl (C=O) groups excluding carboxylic acids is 1. The lowest BCUT2D eigenvalue weighted by atomic mass is 10.00. The van der Waals surface area contributed by atoms with Crippen LogP contribution in [0.3, 0.4) is 0 Å². The van der Waals surface area contributed by atoms with Crippen molar-refractivity contribution in [2.45, 2.75) is 58.6 Å². The highest BCUT2D eigenvalue weighted by molar-refractivity contribution is 7.84. The van der Waals surface area contributed by atoms with Gasteiger partial charge in [0.05, 0.1) is 48.1 Å². The largest absolute Gasteiger partial charge is 0.497 e. The van der Waals surface area contributed by atoms with E-state index < -0.39 is 21.5 Å². The summed E-state index contributed by atoms with van der Waals surface area (Å²) in [6.07, 6.45) is 1.56. The van der Waals surface area contributed by atoms with Crippen LogP contribution in [0.5, 0.6) is 11.5 Å². The molecular formula is C32H37FN2O7S. The number of pyridine rings is 1. The lowest BCUT2D eigenvalue weighted by Gasteiger charge is -2.18. The van der Waals surface area contributed by atoms with Crippen molar-refractivity contribution in [3.8, 4) is 22.6 Å². The number of esters is 1. The zero-order valence-corrected chi connectivity index (χ0v) is 26.1. The van der Waals surface area contributed by atoms with Crippen LogP contribution in [-0.2, 0) is 51.4 Å². The van der Waals surface area contributed by atoms with E-state index in [1.54, 1.807) is 51.5 Å². The normalized spacial score (nSPS) is 12.3. The topological polar surface area (TPSA) is 109 Å². The Balaban J connectivity index is 1.71. The number of ether oxygens (including phenoxy) is 4. The minimum Gasteiger partial charge on any atom is -0.497 e. The molecule has 0 bridgehead atoms. The molecule has 230 valence electrons. The second-order valence-electron chi connectivity index (χ2n) is 10.8. The lowest BCUT2D eigenvalue weighted by molar-refractivity contribution is -0.142. The summed E-state index contributed by atoms with van der Waals surface area (Å²) >= 11 is 0. The van der Waals surface area contributed by atoms with Crippen LogP contribution in [0.25, 0.3) is 22.1 Å². The number of fused-ring (bicyclic) bond motifs is 1. The van der Waals surface area contributed by atoms with Gasteiger partial charge >= 0.3 is 5.97 Å². The van der Waals surface area contributed by atoms with E-state index in [4.69, 9.17) is 23.4 Å². The average Bonchev–Trinajstić information content (AvgIpc) is 3.38. The third-order valence-corrected chi connectivity index (χ3v) is 8.02. The molecule has 0 amide bonds. The molecule has 2 aromatic heterocycles. The van der Waals surface area contributed by atoms with Crippen molar-refractivity contribution in [1.82, 2.24) is 9.71 Å². The van der Waals surface area contributed by atoms with E-state index in [2.05, 4.69) is 9.71 Å². The molecule has 11 heteroatoms. The minimum atomic E-state index is -1.40. The van der Waals surface area contributed by atoms with Crippen LogP contribution >= 0.6 is 0 Å². The van der Waals surface area contributed by atoms with Gasteiger partial charge in [0.1, 0.15) is 36.1 Å².